The van der Waals surface area contributed by atoms with Crippen molar-refractivity contribution in [2.75, 3.05) is 65.4 Å². The molecule has 37 heteroatoms. The van der Waals surface area contributed by atoms with Gasteiger partial charge in [0.2, 0.25) is 0 Å². The van der Waals surface area contributed by atoms with Gasteiger partial charge in [0.1, 0.15) is 131 Å². The summed E-state index contributed by atoms with van der Waals surface area (Å²) in [7, 11) is 4.65. The van der Waals surface area contributed by atoms with Gasteiger partial charge in [-0.2, -0.15) is 0 Å². The lowest BCUT2D eigenvalue weighted by atomic mass is 10.1. The van der Waals surface area contributed by atoms with E-state index in [2.05, 4.69) is 175 Å². The van der Waals surface area contributed by atoms with Crippen LogP contribution in [0, 0.1) is 54.3 Å². The predicted molar refractivity (Wildman–Crippen MR) is 514 cm³/mol. The lowest BCUT2D eigenvalue weighted by molar-refractivity contribution is -0.201. The number of nitrogens with zero attached hydrogens (tertiary/aromatic N) is 19. The van der Waals surface area contributed by atoms with E-state index in [1.165, 1.54) is 74.8 Å². The molecule has 8 atom stereocenters. The van der Waals surface area contributed by atoms with E-state index in [0.29, 0.717) is 104 Å². The number of hydrogen-bond acceptors (Lipinski definition) is 35. The minimum Gasteiger partial charge on any atom is -0.494 e. The molecule has 0 saturated carbocycles. The van der Waals surface area contributed by atoms with E-state index in [0.717, 1.165) is 72.0 Å². The fraction of sp³-hybridized carbons (Fsp3) is 0.317. The smallest absolute Gasteiger partial charge is 0.167 e. The number of imidazole rings is 2. The van der Waals surface area contributed by atoms with Crippen molar-refractivity contribution in [1.29, 1.82) is 0 Å². The monoisotopic (exact) mass is 1870 g/mol. The SMILES string of the molecule is CC1(C)O[C@@H]2[C@H](O1)[C@@H](COCC#Cc1cccc(/C=N\O)n1)O[C@H]2n1cnc2c(N)ncnc21.COc1ccc(C#CCCCc2ccccc2)nc1/C=N\O.COc1ccc(C#CCCNc2ccnc3ccccc23)nc1/C=N\O.COc1ccc(CCCCCc2ccccc2)nc1/C=N\O.Cc1ncnc2c1ncn2[C@@H]1O[C@H](COCC#Cc2cccc(/C=N\O)n2)[C@H]2OC(C)(C)O[C@H]21. The van der Waals surface area contributed by atoms with Crippen LogP contribution < -0.4 is 25.3 Å². The number of nitrogen functional groups attached to an aromatic ring is 1. The molecule has 0 bridgehead atoms. The number of oxime groups is 5. The second-order valence-electron chi connectivity index (χ2n) is 31.9. The lowest BCUT2D eigenvalue weighted by Crippen LogP contribution is -2.33. The maximum Gasteiger partial charge on any atom is 0.167 e. The van der Waals surface area contributed by atoms with Crippen LogP contribution in [-0.4, -0.2) is 229 Å². The molecule has 10 aromatic heterocycles. The minimum atomic E-state index is -0.769. The average molecular weight is 1870 g/mol. The van der Waals surface area contributed by atoms with Crippen molar-refractivity contribution in [1.82, 2.24) is 68.9 Å². The molecule has 4 aliphatic rings. The van der Waals surface area contributed by atoms with Crippen LogP contribution in [0.4, 0.5) is 11.5 Å². The second kappa shape index (κ2) is 50.5. The Kier molecular flexibility index (Phi) is 36.5. The molecule has 0 aliphatic carbocycles. The summed E-state index contributed by atoms with van der Waals surface area (Å²) in [6.45, 7) is 11.0. The van der Waals surface area contributed by atoms with Crippen LogP contribution >= 0.6 is 0 Å². The predicted octanol–water partition coefficient (Wildman–Crippen LogP) is 13.3. The molecule has 4 fully saturated rings. The molecule has 17 rings (SSSR count). The molecule has 4 saturated heterocycles. The molecule has 138 heavy (non-hydrogen) atoms. The van der Waals surface area contributed by atoms with E-state index >= 15 is 0 Å². The van der Waals surface area contributed by atoms with Gasteiger partial charge in [-0.3, -0.25) is 14.1 Å². The largest absolute Gasteiger partial charge is 0.494 e. The summed E-state index contributed by atoms with van der Waals surface area (Å²) in [5.74, 6) is 24.4. The number of aromatic nitrogens is 14. The number of aryl methyl sites for hydroxylation is 4. The summed E-state index contributed by atoms with van der Waals surface area (Å²) in [4.78, 5) is 51.5. The number of nitrogens with two attached hydrogens (primary N) is 1. The highest BCUT2D eigenvalue weighted by Crippen LogP contribution is 2.46. The number of ether oxygens (including phenoxy) is 11. The number of rotatable bonds is 28. The second-order valence-corrected chi connectivity index (χ2v) is 31.9. The van der Waals surface area contributed by atoms with E-state index in [9.17, 15) is 0 Å². The number of nitrogens with one attached hydrogen (secondary N) is 1. The van der Waals surface area contributed by atoms with Crippen LogP contribution in [0.5, 0.6) is 17.2 Å². The Morgan fingerprint density at radius 1 is 0.442 bits per heavy atom. The highest BCUT2D eigenvalue weighted by molar-refractivity contribution is 5.91. The summed E-state index contributed by atoms with van der Waals surface area (Å²) in [5.41, 5.74) is 19.7. The molecule has 37 nitrogen and oxygen atoms in total. The summed E-state index contributed by atoms with van der Waals surface area (Å²) < 4.78 is 67.8. The van der Waals surface area contributed by atoms with Gasteiger partial charge in [-0.15, -0.1) is 0 Å². The molecular formula is C101H105N21O16. The Morgan fingerprint density at radius 3 is 1.45 bits per heavy atom. The van der Waals surface area contributed by atoms with Gasteiger partial charge in [-0.1, -0.05) is 147 Å². The van der Waals surface area contributed by atoms with Crippen molar-refractivity contribution < 1.29 is 78.1 Å². The number of benzene rings is 3. The van der Waals surface area contributed by atoms with Crippen molar-refractivity contribution >= 4 is 75.8 Å². The van der Waals surface area contributed by atoms with Gasteiger partial charge >= 0.3 is 0 Å². The Morgan fingerprint density at radius 2 is 0.906 bits per heavy atom. The number of fused-ring (bicyclic) bond motifs is 5. The molecule has 0 radical (unpaired) electrons. The molecule has 710 valence electrons. The van der Waals surface area contributed by atoms with Gasteiger partial charge in [0.25, 0.3) is 0 Å². The van der Waals surface area contributed by atoms with Gasteiger partial charge in [0, 0.05) is 42.4 Å². The molecule has 3 aromatic carbocycles. The molecule has 0 unspecified atom stereocenters. The zero-order chi connectivity index (χ0) is 96.9. The highest BCUT2D eigenvalue weighted by atomic mass is 16.8. The number of methoxy groups -OCH3 is 3. The van der Waals surface area contributed by atoms with E-state index in [1.807, 2.05) is 106 Å². The first-order valence-corrected chi connectivity index (χ1v) is 44.2. The van der Waals surface area contributed by atoms with Crippen molar-refractivity contribution in [2.45, 2.75) is 153 Å². The molecule has 14 heterocycles. The van der Waals surface area contributed by atoms with Gasteiger partial charge < -0.3 is 89.2 Å². The molecule has 4 aliphatic heterocycles. The molecule has 13 aromatic rings. The number of hydrogen-bond donors (Lipinski definition) is 7. The minimum absolute atomic E-state index is 0.171. The van der Waals surface area contributed by atoms with Crippen molar-refractivity contribution in [3.8, 4) is 64.6 Å². The third-order valence-electron chi connectivity index (χ3n) is 21.4. The Bertz CT molecular complexity index is 6440. The van der Waals surface area contributed by atoms with Crippen molar-refractivity contribution in [3.05, 3.63) is 269 Å². The molecular weight excluding hydrogens is 1760 g/mol. The van der Waals surface area contributed by atoms with Gasteiger partial charge in [0.15, 0.2) is 41.1 Å². The van der Waals surface area contributed by atoms with Crippen LogP contribution in [0.1, 0.15) is 152 Å². The summed E-state index contributed by atoms with van der Waals surface area (Å²) >= 11 is 0. The van der Waals surface area contributed by atoms with E-state index < -0.39 is 30.1 Å². The van der Waals surface area contributed by atoms with Gasteiger partial charge in [-0.05, 0) is 181 Å². The topological polar surface area (TPSA) is 467 Å². The van der Waals surface area contributed by atoms with Crippen LogP contribution in [0.2, 0.25) is 0 Å². The fourth-order valence-electron chi connectivity index (χ4n) is 15.2. The number of unbranched alkanes of at least 4 members (excludes halogenated alkanes) is 3. The van der Waals surface area contributed by atoms with E-state index in [-0.39, 0.29) is 56.9 Å². The third-order valence-corrected chi connectivity index (χ3v) is 21.4. The zero-order valence-electron chi connectivity index (χ0n) is 77.2. The fourth-order valence-corrected chi connectivity index (χ4v) is 15.2. The van der Waals surface area contributed by atoms with E-state index in [4.69, 9.17) is 83.9 Å². The summed E-state index contributed by atoms with van der Waals surface area (Å²) in [6, 6.07) is 52.3. The van der Waals surface area contributed by atoms with Crippen molar-refractivity contribution in [2.24, 2.45) is 25.8 Å². The normalized spacial score (nSPS) is 17.9. The van der Waals surface area contributed by atoms with Crippen LogP contribution in [0.25, 0.3) is 33.2 Å². The summed E-state index contributed by atoms with van der Waals surface area (Å²) in [5, 5.41) is 62.7. The standard InChI is InChI=1S/C23H24N6O5.C22H23N7O5.C20H18N4O2.C18H22N2O2.C18H18N2O2/c1-14-18-21(25-12-24-14)29(13-26-18)22-20-19(33-23(2,3)34-20)17(32-22)11-31-9-5-8-15-6-4-7-16(28-15)10-27-30;1-22(2)33-17-15(10-31-8-4-7-13-5-3-6-14(28-13)9-27-30)32-21(18(17)34-22)29-12-26-16-19(23)24-11-25-20(16)29;1-26-20-10-9-15(24-19(20)14-23-25)6-4-5-12-21-18-11-13-22-17-8-3-2-7-16(17)18;2*1-22-18-13-12-16(20-17(18)14-19-21)11-7-3-6-10-15-8-4-2-5-9-15/h4,6-7,10,12-13,17,19-20,22,30H,9,11H2,1-3H3;3,5-6,9,11-12,15,17-18,21,30H,8,10H2,1-2H3,(H2,23,24,25);2-3,7-11,13-14,25H,5,12H2,1H3,(H,21,22);2,4-5,8-9,12-14,21H,3,6-7,10-11H2,1H3;2,4-5,8-9,12-14,21H,3,6,10H2,1H3/b27-10-;27-9-;23-14-;2*19-14-/t17-,19-,20-,22-;15-,17-,18-,21-;;;/m11.../s1. The molecule has 0 spiro atoms. The highest BCUT2D eigenvalue weighted by Gasteiger charge is 2.58. The molecule has 8 N–H and O–H groups in total. The number of pyridine rings is 6. The molecule has 0 amide bonds. The maximum atomic E-state index is 8.69. The Labute approximate surface area is 796 Å². The zero-order valence-corrected chi connectivity index (χ0v) is 77.2. The average Bonchev–Trinajstić information content (AvgIpc) is 1.59. The lowest BCUT2D eigenvalue weighted by Gasteiger charge is -2.24. The Balaban J connectivity index is 0.000000148. The third kappa shape index (κ3) is 27.9. The first-order chi connectivity index (χ1) is 67.4. The van der Waals surface area contributed by atoms with Crippen LogP contribution in [0.15, 0.2) is 221 Å². The number of anilines is 2. The van der Waals surface area contributed by atoms with Crippen molar-refractivity contribution in [3.63, 3.8) is 0 Å². The first-order valence-electron chi connectivity index (χ1n) is 44.2. The summed E-state index contributed by atoms with van der Waals surface area (Å²) in [6.07, 6.45) is 20.1. The van der Waals surface area contributed by atoms with Crippen LogP contribution in [-0.2, 0) is 57.2 Å². The quantitative estimate of drug-likeness (QED) is 0.00787. The Hall–Kier alpha value is -15.8. The van der Waals surface area contributed by atoms with Gasteiger partial charge in [-0.25, -0.2) is 54.8 Å². The first kappa shape index (κ1) is 99.7. The van der Waals surface area contributed by atoms with Crippen LogP contribution in [0.3, 0.4) is 0 Å². The van der Waals surface area contributed by atoms with Gasteiger partial charge in [0.05, 0.1) is 101 Å². The van der Waals surface area contributed by atoms with E-state index in [1.54, 1.807) is 98.3 Å². The maximum absolute atomic E-state index is 8.69. The number of para-hydroxylation sites is 1.